The first-order valence-electron chi connectivity index (χ1n) is 4.93. The lowest BCUT2D eigenvalue weighted by Gasteiger charge is -2.27. The smallest absolute Gasteiger partial charge is 0.153 e. The van der Waals surface area contributed by atoms with Gasteiger partial charge in [-0.2, -0.15) is 5.26 Å². The van der Waals surface area contributed by atoms with Gasteiger partial charge in [-0.25, -0.2) is 13.4 Å². The van der Waals surface area contributed by atoms with Gasteiger partial charge in [-0.3, -0.25) is 0 Å². The average molecular weight is 237 g/mol. The number of hydrogen-bond acceptors (Lipinski definition) is 5. The van der Waals surface area contributed by atoms with Gasteiger partial charge in [0.05, 0.1) is 11.5 Å². The van der Waals surface area contributed by atoms with E-state index in [-0.39, 0.29) is 11.5 Å². The van der Waals surface area contributed by atoms with Gasteiger partial charge in [-0.1, -0.05) is 6.07 Å². The third kappa shape index (κ3) is 2.31. The molecule has 16 heavy (non-hydrogen) atoms. The molecule has 0 amide bonds. The number of hydrogen-bond donors (Lipinski definition) is 0. The van der Waals surface area contributed by atoms with E-state index in [9.17, 15) is 8.42 Å². The van der Waals surface area contributed by atoms with E-state index in [0.717, 1.165) is 0 Å². The van der Waals surface area contributed by atoms with Crippen LogP contribution in [0.5, 0.6) is 0 Å². The van der Waals surface area contributed by atoms with Crippen molar-refractivity contribution in [1.82, 2.24) is 4.98 Å². The lowest BCUT2D eigenvalue weighted by Crippen LogP contribution is -2.40. The topological polar surface area (TPSA) is 74.1 Å². The summed E-state index contributed by atoms with van der Waals surface area (Å²) in [4.78, 5) is 6.02. The zero-order chi connectivity index (χ0) is 11.6. The first kappa shape index (κ1) is 10.9. The molecule has 1 saturated heterocycles. The number of sulfone groups is 1. The van der Waals surface area contributed by atoms with Gasteiger partial charge in [0.1, 0.15) is 17.6 Å². The Labute approximate surface area is 94.2 Å². The number of pyridine rings is 1. The summed E-state index contributed by atoms with van der Waals surface area (Å²) < 4.78 is 22.5. The predicted octanol–water partition coefficient (Wildman–Crippen LogP) is 0.188. The highest BCUT2D eigenvalue weighted by molar-refractivity contribution is 7.91. The molecule has 1 aliphatic heterocycles. The Morgan fingerprint density at radius 2 is 2.00 bits per heavy atom. The van der Waals surface area contributed by atoms with Gasteiger partial charge in [0.15, 0.2) is 9.84 Å². The van der Waals surface area contributed by atoms with Crippen molar-refractivity contribution in [1.29, 1.82) is 5.26 Å². The maximum Gasteiger partial charge on any atom is 0.153 e. The molecule has 0 aliphatic carbocycles. The third-order valence-electron chi connectivity index (χ3n) is 2.52. The molecule has 1 aromatic heterocycles. The second-order valence-corrected chi connectivity index (χ2v) is 5.94. The Morgan fingerprint density at radius 3 is 2.62 bits per heavy atom. The Hall–Kier alpha value is -1.61. The average Bonchev–Trinajstić information content (AvgIpc) is 2.29. The minimum Gasteiger partial charge on any atom is -0.355 e. The second kappa shape index (κ2) is 4.10. The van der Waals surface area contributed by atoms with E-state index in [1.54, 1.807) is 18.2 Å². The fourth-order valence-electron chi connectivity index (χ4n) is 1.60. The maximum absolute atomic E-state index is 11.3. The van der Waals surface area contributed by atoms with Gasteiger partial charge >= 0.3 is 0 Å². The van der Waals surface area contributed by atoms with Crippen LogP contribution in [0.25, 0.3) is 0 Å². The van der Waals surface area contributed by atoms with E-state index in [2.05, 4.69) is 4.98 Å². The van der Waals surface area contributed by atoms with E-state index in [4.69, 9.17) is 5.26 Å². The molecule has 1 aliphatic rings. The Bertz CT molecular complexity index is 519. The quantitative estimate of drug-likeness (QED) is 0.697. The predicted molar refractivity (Wildman–Crippen MR) is 59.8 cm³/mol. The van der Waals surface area contributed by atoms with E-state index >= 15 is 0 Å². The molecule has 1 fully saturated rings. The minimum absolute atomic E-state index is 0.158. The van der Waals surface area contributed by atoms with Crippen LogP contribution in [-0.2, 0) is 9.84 Å². The lowest BCUT2D eigenvalue weighted by molar-refractivity contribution is 0.586. The van der Waals surface area contributed by atoms with Gasteiger partial charge < -0.3 is 4.90 Å². The summed E-state index contributed by atoms with van der Waals surface area (Å²) in [7, 11) is -2.87. The highest BCUT2D eigenvalue weighted by Crippen LogP contribution is 2.14. The van der Waals surface area contributed by atoms with Crippen molar-refractivity contribution in [2.45, 2.75) is 0 Å². The molecule has 1 aromatic rings. The molecule has 2 rings (SSSR count). The molecule has 0 unspecified atom stereocenters. The molecule has 0 saturated carbocycles. The van der Waals surface area contributed by atoms with Crippen LogP contribution < -0.4 is 4.90 Å². The van der Waals surface area contributed by atoms with Gasteiger partial charge in [-0.15, -0.1) is 0 Å². The van der Waals surface area contributed by atoms with Crippen LogP contribution in [0, 0.1) is 11.3 Å². The summed E-state index contributed by atoms with van der Waals surface area (Å²) >= 11 is 0. The van der Waals surface area contributed by atoms with Crippen molar-refractivity contribution in [3.63, 3.8) is 0 Å². The summed E-state index contributed by atoms with van der Waals surface area (Å²) in [6.07, 6.45) is 0. The summed E-state index contributed by atoms with van der Waals surface area (Å²) in [5.41, 5.74) is 0.353. The van der Waals surface area contributed by atoms with Gasteiger partial charge in [0.2, 0.25) is 0 Å². The van der Waals surface area contributed by atoms with Crippen LogP contribution in [0.2, 0.25) is 0 Å². The van der Waals surface area contributed by atoms with Crippen LogP contribution in [0.15, 0.2) is 18.2 Å². The Morgan fingerprint density at radius 1 is 1.31 bits per heavy atom. The van der Waals surface area contributed by atoms with Crippen LogP contribution in [0.3, 0.4) is 0 Å². The van der Waals surface area contributed by atoms with Crippen LogP contribution in [0.1, 0.15) is 5.69 Å². The molecule has 0 radical (unpaired) electrons. The zero-order valence-corrected chi connectivity index (χ0v) is 9.44. The van der Waals surface area contributed by atoms with Gasteiger partial charge in [0.25, 0.3) is 0 Å². The van der Waals surface area contributed by atoms with Crippen LogP contribution in [0.4, 0.5) is 5.82 Å². The van der Waals surface area contributed by atoms with Gasteiger partial charge in [-0.05, 0) is 12.1 Å². The van der Waals surface area contributed by atoms with Crippen molar-refractivity contribution >= 4 is 15.7 Å². The standard InChI is InChI=1S/C10H11N3O2S/c11-8-9-2-1-3-10(12-9)13-4-6-16(14,15)7-5-13/h1-3H,4-7H2. The Balaban J connectivity index is 2.17. The first-order valence-corrected chi connectivity index (χ1v) is 6.75. The summed E-state index contributed by atoms with van der Waals surface area (Å²) in [6, 6.07) is 7.14. The molecule has 5 nitrogen and oxygen atoms in total. The molecule has 0 N–H and O–H groups in total. The number of nitrogens with zero attached hydrogens (tertiary/aromatic N) is 3. The van der Waals surface area contributed by atoms with E-state index in [1.165, 1.54) is 0 Å². The van der Waals surface area contributed by atoms with Crippen molar-refractivity contribution in [2.24, 2.45) is 0 Å². The highest BCUT2D eigenvalue weighted by atomic mass is 32.2. The summed E-state index contributed by atoms with van der Waals surface area (Å²) in [5, 5.41) is 8.72. The monoisotopic (exact) mass is 237 g/mol. The first-order chi connectivity index (χ1) is 7.61. The third-order valence-corrected chi connectivity index (χ3v) is 4.13. The molecular formula is C10H11N3O2S. The number of nitriles is 1. The molecule has 6 heteroatoms. The fourth-order valence-corrected chi connectivity index (χ4v) is 2.80. The second-order valence-electron chi connectivity index (χ2n) is 3.63. The van der Waals surface area contributed by atoms with E-state index < -0.39 is 9.84 Å². The van der Waals surface area contributed by atoms with Crippen LogP contribution >= 0.6 is 0 Å². The number of rotatable bonds is 1. The van der Waals surface area contributed by atoms with E-state index in [0.29, 0.717) is 24.6 Å². The normalized spacial score (nSPS) is 19.1. The zero-order valence-electron chi connectivity index (χ0n) is 8.63. The fraction of sp³-hybridized carbons (Fsp3) is 0.400. The molecule has 0 atom stereocenters. The molecule has 84 valence electrons. The molecule has 0 spiro atoms. The molecule has 0 bridgehead atoms. The number of anilines is 1. The van der Waals surface area contributed by atoms with Crippen molar-refractivity contribution in [2.75, 3.05) is 29.5 Å². The van der Waals surface area contributed by atoms with Crippen LogP contribution in [-0.4, -0.2) is 38.0 Å². The molecule has 2 heterocycles. The molecular weight excluding hydrogens is 226 g/mol. The largest absolute Gasteiger partial charge is 0.355 e. The van der Waals surface area contributed by atoms with E-state index in [1.807, 2.05) is 11.0 Å². The Kier molecular flexibility index (Phi) is 2.79. The van der Waals surface area contributed by atoms with Gasteiger partial charge in [0, 0.05) is 13.1 Å². The molecule has 0 aromatic carbocycles. The highest BCUT2D eigenvalue weighted by Gasteiger charge is 2.22. The SMILES string of the molecule is N#Cc1cccc(N2CCS(=O)(=O)CC2)n1. The number of aromatic nitrogens is 1. The van der Waals surface area contributed by atoms with Crippen molar-refractivity contribution in [3.8, 4) is 6.07 Å². The van der Waals surface area contributed by atoms with Crippen molar-refractivity contribution < 1.29 is 8.42 Å². The minimum atomic E-state index is -2.87. The summed E-state index contributed by atoms with van der Waals surface area (Å²) in [6.45, 7) is 0.897. The maximum atomic E-state index is 11.3. The summed E-state index contributed by atoms with van der Waals surface area (Å²) in [5.74, 6) is 0.991. The van der Waals surface area contributed by atoms with Crippen molar-refractivity contribution in [3.05, 3.63) is 23.9 Å². The lowest BCUT2D eigenvalue weighted by atomic mass is 10.3.